The molecule has 0 unspecified atom stereocenters. The van der Waals surface area contributed by atoms with Crippen LogP contribution in [0.4, 0.5) is 13.2 Å². The molecular formula is C21H16ClF3N2OS. The van der Waals surface area contributed by atoms with Gasteiger partial charge in [-0.05, 0) is 17.2 Å². The van der Waals surface area contributed by atoms with E-state index >= 15 is 0 Å². The number of nitrogens with one attached hydrogen (secondary N) is 1. The molecule has 0 aliphatic heterocycles. The van der Waals surface area contributed by atoms with Gasteiger partial charge >= 0.3 is 6.18 Å². The van der Waals surface area contributed by atoms with Crippen molar-refractivity contribution >= 4 is 29.3 Å². The molecule has 8 heteroatoms. The highest BCUT2D eigenvalue weighted by atomic mass is 35.5. The molecule has 0 aliphatic carbocycles. The molecule has 1 heterocycles. The first-order chi connectivity index (χ1) is 13.8. The number of aromatic nitrogens is 1. The van der Waals surface area contributed by atoms with E-state index in [4.69, 9.17) is 11.6 Å². The Morgan fingerprint density at radius 1 is 1.03 bits per heavy atom. The third-order valence-electron chi connectivity index (χ3n) is 4.05. The van der Waals surface area contributed by atoms with E-state index in [0.717, 1.165) is 29.0 Å². The standard InChI is InChI=1S/C21H16ClF3N2OS/c22-17-11-16(21(23,24)25)12-26-20(17)29-13-18(28)27-19(14-7-3-1-4-8-14)15-9-5-2-6-10-15/h1-12,19H,13H2,(H,27,28). The van der Waals surface area contributed by atoms with Gasteiger partial charge in [0.25, 0.3) is 0 Å². The van der Waals surface area contributed by atoms with Crippen LogP contribution in [-0.2, 0) is 11.0 Å². The Kier molecular flexibility index (Phi) is 6.82. The van der Waals surface area contributed by atoms with E-state index in [1.807, 2.05) is 60.7 Å². The summed E-state index contributed by atoms with van der Waals surface area (Å²) in [5.41, 5.74) is 0.912. The monoisotopic (exact) mass is 436 g/mol. The van der Waals surface area contributed by atoms with E-state index in [9.17, 15) is 18.0 Å². The lowest BCUT2D eigenvalue weighted by molar-refractivity contribution is -0.137. The van der Waals surface area contributed by atoms with E-state index < -0.39 is 11.7 Å². The largest absolute Gasteiger partial charge is 0.417 e. The summed E-state index contributed by atoms with van der Waals surface area (Å²) in [5.74, 6) is -0.320. The number of nitrogens with zero attached hydrogens (tertiary/aromatic N) is 1. The molecule has 0 saturated heterocycles. The van der Waals surface area contributed by atoms with Crippen LogP contribution < -0.4 is 5.32 Å². The van der Waals surface area contributed by atoms with Crippen molar-refractivity contribution in [3.8, 4) is 0 Å². The molecule has 0 bridgehead atoms. The highest BCUT2D eigenvalue weighted by Crippen LogP contribution is 2.33. The summed E-state index contributed by atoms with van der Waals surface area (Å²) >= 11 is 6.89. The summed E-state index contributed by atoms with van der Waals surface area (Å²) in [5, 5.41) is 3.00. The zero-order chi connectivity index (χ0) is 20.9. The molecule has 3 aromatic rings. The third-order valence-corrected chi connectivity index (χ3v) is 5.45. The van der Waals surface area contributed by atoms with Crippen molar-refractivity contribution in [2.45, 2.75) is 17.2 Å². The van der Waals surface area contributed by atoms with Crippen molar-refractivity contribution < 1.29 is 18.0 Å². The van der Waals surface area contributed by atoms with E-state index in [1.165, 1.54) is 0 Å². The van der Waals surface area contributed by atoms with E-state index in [-0.39, 0.29) is 27.8 Å². The van der Waals surface area contributed by atoms with Crippen LogP contribution in [0.2, 0.25) is 5.02 Å². The van der Waals surface area contributed by atoms with Crippen LogP contribution in [-0.4, -0.2) is 16.6 Å². The van der Waals surface area contributed by atoms with Gasteiger partial charge in [-0.3, -0.25) is 4.79 Å². The SMILES string of the molecule is O=C(CSc1ncc(C(F)(F)F)cc1Cl)NC(c1ccccc1)c1ccccc1. The van der Waals surface area contributed by atoms with Crippen molar-refractivity contribution in [1.29, 1.82) is 0 Å². The van der Waals surface area contributed by atoms with E-state index in [2.05, 4.69) is 10.3 Å². The molecule has 0 spiro atoms. The minimum Gasteiger partial charge on any atom is -0.344 e. The summed E-state index contributed by atoms with van der Waals surface area (Å²) in [4.78, 5) is 16.3. The Bertz CT molecular complexity index is 929. The van der Waals surface area contributed by atoms with Crippen molar-refractivity contribution in [2.75, 3.05) is 5.75 Å². The predicted molar refractivity (Wildman–Crippen MR) is 108 cm³/mol. The lowest BCUT2D eigenvalue weighted by atomic mass is 9.99. The normalized spacial score (nSPS) is 11.5. The average molecular weight is 437 g/mol. The van der Waals surface area contributed by atoms with Gasteiger partial charge in [0.2, 0.25) is 5.91 Å². The minimum atomic E-state index is -4.52. The van der Waals surface area contributed by atoms with Crippen molar-refractivity contribution in [2.24, 2.45) is 0 Å². The number of hydrogen-bond acceptors (Lipinski definition) is 3. The number of carbonyl (C=O) groups excluding carboxylic acids is 1. The first-order valence-corrected chi connectivity index (χ1v) is 9.96. The van der Waals surface area contributed by atoms with E-state index in [1.54, 1.807) is 0 Å². The third kappa shape index (κ3) is 5.74. The fraction of sp³-hybridized carbons (Fsp3) is 0.143. The van der Waals surface area contributed by atoms with Crippen molar-refractivity contribution in [3.05, 3.63) is 94.6 Å². The number of halogens is 4. The molecule has 0 fully saturated rings. The molecule has 150 valence electrons. The summed E-state index contributed by atoms with van der Waals surface area (Å²) in [6, 6.07) is 19.5. The number of rotatable bonds is 6. The highest BCUT2D eigenvalue weighted by Gasteiger charge is 2.31. The number of pyridine rings is 1. The van der Waals surface area contributed by atoms with Crippen LogP contribution in [0.15, 0.2) is 78.0 Å². The molecule has 0 aliphatic rings. The number of alkyl halides is 3. The summed E-state index contributed by atoms with van der Waals surface area (Å²) < 4.78 is 38.1. The summed E-state index contributed by atoms with van der Waals surface area (Å²) in [7, 11) is 0. The fourth-order valence-electron chi connectivity index (χ4n) is 2.67. The lowest BCUT2D eigenvalue weighted by Crippen LogP contribution is -2.30. The molecule has 1 aromatic heterocycles. The Balaban J connectivity index is 1.70. The molecular weight excluding hydrogens is 421 g/mol. The average Bonchev–Trinajstić information content (AvgIpc) is 2.71. The van der Waals surface area contributed by atoms with Crippen molar-refractivity contribution in [1.82, 2.24) is 10.3 Å². The van der Waals surface area contributed by atoms with Crippen LogP contribution in [0.25, 0.3) is 0 Å². The number of hydrogen-bond donors (Lipinski definition) is 1. The van der Waals surface area contributed by atoms with Gasteiger partial charge in [-0.2, -0.15) is 13.2 Å². The lowest BCUT2D eigenvalue weighted by Gasteiger charge is -2.20. The Hall–Kier alpha value is -2.51. The first-order valence-electron chi connectivity index (χ1n) is 8.59. The molecule has 1 amide bonds. The number of benzene rings is 2. The smallest absolute Gasteiger partial charge is 0.344 e. The second kappa shape index (κ2) is 9.33. The van der Waals surface area contributed by atoms with E-state index in [0.29, 0.717) is 6.20 Å². The quantitative estimate of drug-likeness (QED) is 0.500. The fourth-order valence-corrected chi connectivity index (χ4v) is 3.68. The topological polar surface area (TPSA) is 42.0 Å². The molecule has 3 rings (SSSR count). The zero-order valence-electron chi connectivity index (χ0n) is 15.0. The first kappa shape index (κ1) is 21.2. The van der Waals surface area contributed by atoms with Crippen LogP contribution in [0.3, 0.4) is 0 Å². The predicted octanol–water partition coefficient (Wildman–Crippen LogP) is 5.75. The molecule has 0 radical (unpaired) electrons. The van der Waals surface area contributed by atoms with Crippen molar-refractivity contribution in [3.63, 3.8) is 0 Å². The van der Waals surface area contributed by atoms with Crippen LogP contribution in [0, 0.1) is 0 Å². The number of thioether (sulfide) groups is 1. The van der Waals surface area contributed by atoms with Gasteiger partial charge in [0.15, 0.2) is 0 Å². The molecule has 29 heavy (non-hydrogen) atoms. The second-order valence-electron chi connectivity index (χ2n) is 6.12. The van der Waals surface area contributed by atoms with Crippen LogP contribution in [0.5, 0.6) is 0 Å². The van der Waals surface area contributed by atoms with Gasteiger partial charge in [0, 0.05) is 6.20 Å². The second-order valence-corrected chi connectivity index (χ2v) is 7.49. The van der Waals surface area contributed by atoms with Gasteiger partial charge in [-0.25, -0.2) is 4.98 Å². The van der Waals surface area contributed by atoms with Crippen LogP contribution >= 0.6 is 23.4 Å². The Morgan fingerprint density at radius 3 is 2.07 bits per heavy atom. The molecule has 0 saturated carbocycles. The maximum atomic E-state index is 12.7. The Morgan fingerprint density at radius 2 is 1.59 bits per heavy atom. The molecule has 0 atom stereocenters. The molecule has 2 aromatic carbocycles. The highest BCUT2D eigenvalue weighted by molar-refractivity contribution is 8.00. The molecule has 1 N–H and O–H groups in total. The maximum absolute atomic E-state index is 12.7. The number of carbonyl (C=O) groups is 1. The summed E-state index contributed by atoms with van der Waals surface area (Å²) in [6.07, 6.45) is -3.81. The maximum Gasteiger partial charge on any atom is 0.417 e. The van der Waals surface area contributed by atoms with Gasteiger partial charge in [0.1, 0.15) is 5.03 Å². The minimum absolute atomic E-state index is 0.0335. The van der Waals surface area contributed by atoms with Gasteiger partial charge in [-0.15, -0.1) is 0 Å². The number of amides is 1. The van der Waals surface area contributed by atoms with Gasteiger partial charge < -0.3 is 5.32 Å². The van der Waals surface area contributed by atoms with Gasteiger partial charge in [0.05, 0.1) is 22.4 Å². The van der Waals surface area contributed by atoms with Crippen LogP contribution in [0.1, 0.15) is 22.7 Å². The summed E-state index contributed by atoms with van der Waals surface area (Å²) in [6.45, 7) is 0. The molecule has 3 nitrogen and oxygen atoms in total. The van der Waals surface area contributed by atoms with Gasteiger partial charge in [-0.1, -0.05) is 84.0 Å². The Labute approximate surface area is 175 Å². The zero-order valence-corrected chi connectivity index (χ0v) is 16.6.